The molecule has 1 aliphatic rings. The van der Waals surface area contributed by atoms with Gasteiger partial charge in [0.2, 0.25) is 5.91 Å². The lowest BCUT2D eigenvalue weighted by Gasteiger charge is -2.18. The Kier molecular flexibility index (Phi) is 3.19. The molecule has 0 radical (unpaired) electrons. The lowest BCUT2D eigenvalue weighted by Crippen LogP contribution is -2.37. The molecule has 1 N–H and O–H groups in total. The van der Waals surface area contributed by atoms with E-state index >= 15 is 0 Å². The molecule has 1 aliphatic heterocycles. The van der Waals surface area contributed by atoms with E-state index in [4.69, 9.17) is 0 Å². The van der Waals surface area contributed by atoms with E-state index in [0.717, 1.165) is 12.2 Å². The minimum absolute atomic E-state index is 0.185. The molecule has 0 aliphatic carbocycles. The van der Waals surface area contributed by atoms with Gasteiger partial charge in [-0.3, -0.25) is 9.78 Å². The van der Waals surface area contributed by atoms with E-state index in [1.165, 1.54) is 0 Å². The topological polar surface area (TPSA) is 45.2 Å². The Bertz CT molecular complexity index is 364. The van der Waals surface area contributed by atoms with Gasteiger partial charge in [-0.1, -0.05) is 13.8 Å². The van der Waals surface area contributed by atoms with E-state index in [2.05, 4.69) is 24.1 Å². The van der Waals surface area contributed by atoms with E-state index < -0.39 is 0 Å². The van der Waals surface area contributed by atoms with Crippen LogP contribution in [0.2, 0.25) is 0 Å². The number of rotatable bonds is 3. The van der Waals surface area contributed by atoms with E-state index in [1.807, 2.05) is 17.0 Å². The van der Waals surface area contributed by atoms with Crippen LogP contribution in [0.3, 0.4) is 0 Å². The molecule has 2 rings (SSSR count). The highest BCUT2D eigenvalue weighted by molar-refractivity contribution is 5.96. The number of amides is 1. The SMILES string of the molecule is CC(C)NC1CC(=O)N(c2ccncc2)C1. The van der Waals surface area contributed by atoms with E-state index in [9.17, 15) is 4.79 Å². The Labute approximate surface area is 95.7 Å². The number of carbonyl (C=O) groups is 1. The lowest BCUT2D eigenvalue weighted by atomic mass is 10.2. The second kappa shape index (κ2) is 4.61. The van der Waals surface area contributed by atoms with Gasteiger partial charge in [0.05, 0.1) is 0 Å². The van der Waals surface area contributed by atoms with Crippen molar-refractivity contribution in [1.82, 2.24) is 10.3 Å². The van der Waals surface area contributed by atoms with Gasteiger partial charge in [0.25, 0.3) is 0 Å². The van der Waals surface area contributed by atoms with Crippen LogP contribution >= 0.6 is 0 Å². The van der Waals surface area contributed by atoms with Gasteiger partial charge in [0.1, 0.15) is 0 Å². The first-order valence-corrected chi connectivity index (χ1v) is 5.63. The second-order valence-corrected chi connectivity index (χ2v) is 4.43. The lowest BCUT2D eigenvalue weighted by molar-refractivity contribution is -0.117. The fourth-order valence-corrected chi connectivity index (χ4v) is 2.06. The molecule has 1 aromatic rings. The van der Waals surface area contributed by atoms with Crippen LogP contribution in [0.5, 0.6) is 0 Å². The van der Waals surface area contributed by atoms with Crippen molar-refractivity contribution in [3.63, 3.8) is 0 Å². The van der Waals surface area contributed by atoms with Gasteiger partial charge < -0.3 is 10.2 Å². The first-order chi connectivity index (χ1) is 7.66. The number of aromatic nitrogens is 1. The molecule has 1 fully saturated rings. The van der Waals surface area contributed by atoms with Crippen molar-refractivity contribution < 1.29 is 4.79 Å². The standard InChI is InChI=1S/C12H17N3O/c1-9(2)14-10-7-12(16)15(8-10)11-3-5-13-6-4-11/h3-6,9-10,14H,7-8H2,1-2H3. The van der Waals surface area contributed by atoms with Crippen LogP contribution in [0.4, 0.5) is 5.69 Å². The van der Waals surface area contributed by atoms with Crippen molar-refractivity contribution in [3.8, 4) is 0 Å². The largest absolute Gasteiger partial charge is 0.311 e. The summed E-state index contributed by atoms with van der Waals surface area (Å²) in [4.78, 5) is 17.6. The van der Waals surface area contributed by atoms with Gasteiger partial charge in [-0.15, -0.1) is 0 Å². The number of pyridine rings is 1. The predicted molar refractivity (Wildman–Crippen MR) is 63.3 cm³/mol. The maximum Gasteiger partial charge on any atom is 0.228 e. The summed E-state index contributed by atoms with van der Waals surface area (Å²) in [6.07, 6.45) is 4.01. The summed E-state index contributed by atoms with van der Waals surface area (Å²) in [5.41, 5.74) is 0.938. The first-order valence-electron chi connectivity index (χ1n) is 5.63. The Hall–Kier alpha value is -1.42. The third-order valence-corrected chi connectivity index (χ3v) is 2.67. The number of hydrogen-bond acceptors (Lipinski definition) is 3. The van der Waals surface area contributed by atoms with E-state index in [0.29, 0.717) is 12.5 Å². The molecule has 1 unspecified atom stereocenters. The summed E-state index contributed by atoms with van der Waals surface area (Å²) in [6.45, 7) is 4.94. The number of carbonyl (C=O) groups excluding carboxylic acids is 1. The summed E-state index contributed by atoms with van der Waals surface area (Å²) >= 11 is 0. The number of anilines is 1. The second-order valence-electron chi connectivity index (χ2n) is 4.43. The molecule has 2 heterocycles. The van der Waals surface area contributed by atoms with Gasteiger partial charge in [-0.2, -0.15) is 0 Å². The van der Waals surface area contributed by atoms with Gasteiger partial charge in [0.15, 0.2) is 0 Å². The summed E-state index contributed by atoms with van der Waals surface area (Å²) in [6, 6.07) is 4.42. The first kappa shape index (κ1) is 11.1. The fourth-order valence-electron chi connectivity index (χ4n) is 2.06. The molecule has 16 heavy (non-hydrogen) atoms. The monoisotopic (exact) mass is 219 g/mol. The normalized spacial score (nSPS) is 20.8. The summed E-state index contributed by atoms with van der Waals surface area (Å²) in [7, 11) is 0. The third kappa shape index (κ3) is 2.39. The molecule has 1 atom stereocenters. The minimum atomic E-state index is 0.185. The smallest absolute Gasteiger partial charge is 0.228 e. The van der Waals surface area contributed by atoms with Crippen molar-refractivity contribution in [1.29, 1.82) is 0 Å². The van der Waals surface area contributed by atoms with E-state index in [-0.39, 0.29) is 11.9 Å². The Morgan fingerprint density at radius 1 is 1.44 bits per heavy atom. The molecule has 4 nitrogen and oxygen atoms in total. The van der Waals surface area contributed by atoms with Crippen LogP contribution in [-0.4, -0.2) is 29.5 Å². The highest BCUT2D eigenvalue weighted by Crippen LogP contribution is 2.20. The molecule has 86 valence electrons. The fraction of sp³-hybridized carbons (Fsp3) is 0.500. The molecule has 0 aromatic carbocycles. The van der Waals surface area contributed by atoms with Gasteiger partial charge in [-0.05, 0) is 12.1 Å². The molecule has 4 heteroatoms. The van der Waals surface area contributed by atoms with Crippen molar-refractivity contribution in [2.24, 2.45) is 0 Å². The average Bonchev–Trinajstić information content (AvgIpc) is 2.60. The number of nitrogens with zero attached hydrogens (tertiary/aromatic N) is 2. The zero-order chi connectivity index (χ0) is 11.5. The number of nitrogens with one attached hydrogen (secondary N) is 1. The number of hydrogen-bond donors (Lipinski definition) is 1. The highest BCUT2D eigenvalue weighted by Gasteiger charge is 2.30. The van der Waals surface area contributed by atoms with Crippen molar-refractivity contribution in [3.05, 3.63) is 24.5 Å². The summed E-state index contributed by atoms with van der Waals surface area (Å²) in [5.74, 6) is 0.185. The molecular weight excluding hydrogens is 202 g/mol. The minimum Gasteiger partial charge on any atom is -0.311 e. The van der Waals surface area contributed by atoms with Crippen LogP contribution in [0.15, 0.2) is 24.5 Å². The average molecular weight is 219 g/mol. The maximum absolute atomic E-state index is 11.8. The predicted octanol–water partition coefficient (Wildman–Crippen LogP) is 1.18. The molecule has 0 saturated carbocycles. The molecule has 0 spiro atoms. The van der Waals surface area contributed by atoms with Crippen molar-refractivity contribution >= 4 is 11.6 Å². The van der Waals surface area contributed by atoms with Crippen LogP contribution in [0, 0.1) is 0 Å². The summed E-state index contributed by atoms with van der Waals surface area (Å²) in [5, 5.41) is 3.39. The van der Waals surface area contributed by atoms with Crippen molar-refractivity contribution in [2.45, 2.75) is 32.4 Å². The Morgan fingerprint density at radius 3 is 2.75 bits per heavy atom. The summed E-state index contributed by atoms with van der Waals surface area (Å²) < 4.78 is 0. The van der Waals surface area contributed by atoms with Crippen LogP contribution in [0.1, 0.15) is 20.3 Å². The zero-order valence-corrected chi connectivity index (χ0v) is 9.68. The van der Waals surface area contributed by atoms with Crippen LogP contribution < -0.4 is 10.2 Å². The molecular formula is C12H17N3O. The van der Waals surface area contributed by atoms with Gasteiger partial charge in [0, 0.05) is 43.1 Å². The molecule has 1 saturated heterocycles. The Morgan fingerprint density at radius 2 is 2.12 bits per heavy atom. The molecule has 0 bridgehead atoms. The van der Waals surface area contributed by atoms with Crippen molar-refractivity contribution in [2.75, 3.05) is 11.4 Å². The molecule has 1 amide bonds. The van der Waals surface area contributed by atoms with Crippen LogP contribution in [0.25, 0.3) is 0 Å². The third-order valence-electron chi connectivity index (χ3n) is 2.67. The quantitative estimate of drug-likeness (QED) is 0.830. The van der Waals surface area contributed by atoms with E-state index in [1.54, 1.807) is 12.4 Å². The van der Waals surface area contributed by atoms with Gasteiger partial charge in [-0.25, -0.2) is 0 Å². The van der Waals surface area contributed by atoms with Crippen LogP contribution in [-0.2, 0) is 4.79 Å². The highest BCUT2D eigenvalue weighted by atomic mass is 16.2. The molecule has 1 aromatic heterocycles. The zero-order valence-electron chi connectivity index (χ0n) is 9.68. The maximum atomic E-state index is 11.8. The van der Waals surface area contributed by atoms with Gasteiger partial charge >= 0.3 is 0 Å². The Balaban J connectivity index is 2.06.